The van der Waals surface area contributed by atoms with Crippen molar-refractivity contribution in [1.82, 2.24) is 4.57 Å². The van der Waals surface area contributed by atoms with Gasteiger partial charge in [0.05, 0.1) is 11.0 Å². The molecule has 0 saturated heterocycles. The number of nitrogens with zero attached hydrogens (tertiary/aromatic N) is 2. The Morgan fingerprint density at radius 2 is 0.762 bits per heavy atom. The summed E-state index contributed by atoms with van der Waals surface area (Å²) in [5.74, 6) is 0. The van der Waals surface area contributed by atoms with E-state index in [9.17, 15) is 0 Å². The van der Waals surface area contributed by atoms with Crippen molar-refractivity contribution >= 4 is 60.8 Å². The van der Waals surface area contributed by atoms with Gasteiger partial charge in [-0.2, -0.15) is 0 Å². The molecule has 2 aromatic heterocycles. The van der Waals surface area contributed by atoms with Gasteiger partial charge in [-0.1, -0.05) is 170 Å². The zero-order valence-electron chi connectivity index (χ0n) is 34.4. The molecule has 0 amide bonds. The highest BCUT2D eigenvalue weighted by Crippen LogP contribution is 2.41. The van der Waals surface area contributed by atoms with Crippen molar-refractivity contribution < 1.29 is 4.42 Å². The zero-order valence-corrected chi connectivity index (χ0v) is 34.4. The first-order valence-corrected chi connectivity index (χ1v) is 21.5. The molecule has 0 unspecified atom stereocenters. The van der Waals surface area contributed by atoms with E-state index in [2.05, 4.69) is 240 Å². The van der Waals surface area contributed by atoms with Crippen LogP contribution in [0.5, 0.6) is 0 Å². The van der Waals surface area contributed by atoms with Crippen LogP contribution in [0.1, 0.15) is 0 Å². The number of hydrogen-bond donors (Lipinski definition) is 0. The average Bonchev–Trinajstić information content (AvgIpc) is 3.91. The lowest BCUT2D eigenvalue weighted by molar-refractivity contribution is 0.670. The summed E-state index contributed by atoms with van der Waals surface area (Å²) < 4.78 is 8.77. The summed E-state index contributed by atoms with van der Waals surface area (Å²) in [6.45, 7) is 0. The second-order valence-electron chi connectivity index (χ2n) is 16.1. The van der Waals surface area contributed by atoms with Gasteiger partial charge in [-0.15, -0.1) is 0 Å². The van der Waals surface area contributed by atoms with Gasteiger partial charge in [-0.25, -0.2) is 0 Å². The molecule has 12 aromatic rings. The number of benzene rings is 10. The number of rotatable bonds is 8. The van der Waals surface area contributed by atoms with Crippen LogP contribution >= 0.6 is 0 Å². The van der Waals surface area contributed by atoms with E-state index >= 15 is 0 Å². The molecular weight excluding hydrogens is 765 g/mol. The molecule has 0 radical (unpaired) electrons. The SMILES string of the molecule is c1ccc(-c2ccc(N(c3ccc(-c4ccc(-c5ccc6c(c5)c5ccccc5n6-c5ccccc5)cc4)cc3)c3ccc(-c4cccc5c4oc4ccccc45)cc3)cc2)cc1. The molecule has 0 N–H and O–H groups in total. The number of para-hydroxylation sites is 4. The maximum absolute atomic E-state index is 6.41. The summed E-state index contributed by atoms with van der Waals surface area (Å²) in [7, 11) is 0. The minimum absolute atomic E-state index is 0.905. The third-order valence-corrected chi connectivity index (χ3v) is 12.4. The van der Waals surface area contributed by atoms with Crippen LogP contribution in [-0.2, 0) is 0 Å². The molecule has 0 bridgehead atoms. The molecule has 63 heavy (non-hydrogen) atoms. The van der Waals surface area contributed by atoms with Crippen molar-refractivity contribution in [1.29, 1.82) is 0 Å². The van der Waals surface area contributed by atoms with Gasteiger partial charge in [0, 0.05) is 49.9 Å². The van der Waals surface area contributed by atoms with Crippen LogP contribution in [0.4, 0.5) is 17.1 Å². The Morgan fingerprint density at radius 1 is 0.302 bits per heavy atom. The molecule has 10 aromatic carbocycles. The van der Waals surface area contributed by atoms with Crippen molar-refractivity contribution in [3.8, 4) is 50.2 Å². The fourth-order valence-corrected chi connectivity index (χ4v) is 9.31. The van der Waals surface area contributed by atoms with E-state index in [1.54, 1.807) is 0 Å². The largest absolute Gasteiger partial charge is 0.455 e. The van der Waals surface area contributed by atoms with Crippen LogP contribution in [0.2, 0.25) is 0 Å². The predicted molar refractivity (Wildman–Crippen MR) is 264 cm³/mol. The number of aromatic nitrogens is 1. The van der Waals surface area contributed by atoms with Crippen molar-refractivity contribution in [2.24, 2.45) is 0 Å². The summed E-state index contributed by atoms with van der Waals surface area (Å²) in [5.41, 5.74) is 18.0. The first-order valence-electron chi connectivity index (χ1n) is 21.5. The van der Waals surface area contributed by atoms with Crippen LogP contribution in [0.25, 0.3) is 93.9 Å². The first-order chi connectivity index (χ1) is 31.2. The highest BCUT2D eigenvalue weighted by atomic mass is 16.3. The van der Waals surface area contributed by atoms with E-state index in [1.807, 2.05) is 12.1 Å². The van der Waals surface area contributed by atoms with Crippen LogP contribution in [0.3, 0.4) is 0 Å². The lowest BCUT2D eigenvalue weighted by atomic mass is 9.98. The van der Waals surface area contributed by atoms with Crippen molar-refractivity contribution in [3.05, 3.63) is 243 Å². The third-order valence-electron chi connectivity index (χ3n) is 12.4. The summed E-state index contributed by atoms with van der Waals surface area (Å²) in [6.07, 6.45) is 0. The Hall–Kier alpha value is -8.40. The monoisotopic (exact) mass is 804 g/mol. The van der Waals surface area contributed by atoms with Crippen molar-refractivity contribution in [2.45, 2.75) is 0 Å². The quantitative estimate of drug-likeness (QED) is 0.153. The van der Waals surface area contributed by atoms with E-state index in [4.69, 9.17) is 4.42 Å². The molecule has 12 rings (SSSR count). The van der Waals surface area contributed by atoms with E-state index in [0.717, 1.165) is 50.1 Å². The minimum Gasteiger partial charge on any atom is -0.455 e. The van der Waals surface area contributed by atoms with Gasteiger partial charge in [0.15, 0.2) is 0 Å². The van der Waals surface area contributed by atoms with Gasteiger partial charge in [-0.05, 0) is 112 Å². The minimum atomic E-state index is 0.905. The maximum Gasteiger partial charge on any atom is 0.143 e. The standard InChI is InChI=1S/C60H40N2O/c1-3-12-41(13-4-1)43-26-33-49(34-27-43)61(51-37-30-46(31-38-51)52-18-11-19-55-54-17-8-10-21-59(54)63-60(52)55)50-35-28-44(29-36-50)42-22-24-45(25-23-42)47-32-39-58-56(40-47)53-16-7-9-20-57(53)62(58)48-14-5-2-6-15-48/h1-40H. The Balaban J connectivity index is 0.869. The van der Waals surface area contributed by atoms with E-state index in [1.165, 1.54) is 60.9 Å². The Morgan fingerprint density at radius 3 is 1.41 bits per heavy atom. The Bertz CT molecular complexity index is 3570. The van der Waals surface area contributed by atoms with Crippen molar-refractivity contribution in [3.63, 3.8) is 0 Å². The number of fused-ring (bicyclic) bond motifs is 6. The predicted octanol–water partition coefficient (Wildman–Crippen LogP) is 16.8. The molecule has 0 fully saturated rings. The smallest absolute Gasteiger partial charge is 0.143 e. The highest BCUT2D eigenvalue weighted by Gasteiger charge is 2.17. The lowest BCUT2D eigenvalue weighted by Crippen LogP contribution is -2.09. The summed E-state index contributed by atoms with van der Waals surface area (Å²) in [6, 6.07) is 87.0. The Labute approximate surface area is 366 Å². The maximum atomic E-state index is 6.41. The second kappa shape index (κ2) is 15.3. The Kier molecular flexibility index (Phi) is 8.83. The molecule has 3 heteroatoms. The van der Waals surface area contributed by atoms with Crippen molar-refractivity contribution in [2.75, 3.05) is 4.90 Å². The van der Waals surface area contributed by atoms with Crippen LogP contribution in [0, 0.1) is 0 Å². The summed E-state index contributed by atoms with van der Waals surface area (Å²) >= 11 is 0. The van der Waals surface area contributed by atoms with Gasteiger partial charge >= 0.3 is 0 Å². The van der Waals surface area contributed by atoms with Gasteiger partial charge in [0.2, 0.25) is 0 Å². The molecule has 0 spiro atoms. The topological polar surface area (TPSA) is 21.3 Å². The van der Waals surface area contributed by atoms with Gasteiger partial charge in [0.25, 0.3) is 0 Å². The molecule has 3 nitrogen and oxygen atoms in total. The molecule has 2 heterocycles. The van der Waals surface area contributed by atoms with Gasteiger partial charge < -0.3 is 13.9 Å². The van der Waals surface area contributed by atoms with Crippen LogP contribution in [0.15, 0.2) is 247 Å². The van der Waals surface area contributed by atoms with E-state index in [-0.39, 0.29) is 0 Å². The van der Waals surface area contributed by atoms with E-state index in [0.29, 0.717) is 0 Å². The molecule has 296 valence electrons. The average molecular weight is 805 g/mol. The first kappa shape index (κ1) is 36.5. The summed E-state index contributed by atoms with van der Waals surface area (Å²) in [4.78, 5) is 2.33. The molecular formula is C60H40N2O. The number of anilines is 3. The molecule has 0 atom stereocenters. The van der Waals surface area contributed by atoms with Gasteiger partial charge in [-0.3, -0.25) is 0 Å². The highest BCUT2D eigenvalue weighted by molar-refractivity contribution is 6.11. The lowest BCUT2D eigenvalue weighted by Gasteiger charge is -2.26. The van der Waals surface area contributed by atoms with E-state index < -0.39 is 0 Å². The molecule has 0 saturated carbocycles. The second-order valence-corrected chi connectivity index (χ2v) is 16.1. The van der Waals surface area contributed by atoms with Gasteiger partial charge in [0.1, 0.15) is 11.2 Å². The molecule has 0 aliphatic heterocycles. The number of hydrogen-bond acceptors (Lipinski definition) is 2. The third kappa shape index (κ3) is 6.46. The summed E-state index contributed by atoms with van der Waals surface area (Å²) in [5, 5.41) is 4.78. The number of furan rings is 1. The van der Waals surface area contributed by atoms with Crippen LogP contribution < -0.4 is 4.90 Å². The normalized spacial score (nSPS) is 11.5. The molecule has 0 aliphatic rings. The fraction of sp³-hybridized carbons (Fsp3) is 0. The zero-order chi connectivity index (χ0) is 41.7. The fourth-order valence-electron chi connectivity index (χ4n) is 9.31. The molecule has 0 aliphatic carbocycles. The van der Waals surface area contributed by atoms with Crippen LogP contribution in [-0.4, -0.2) is 4.57 Å².